The molecule has 2 atom stereocenters. The van der Waals surface area contributed by atoms with Crippen LogP contribution in [0.2, 0.25) is 0 Å². The maximum Gasteiger partial charge on any atom is 0.335 e. The van der Waals surface area contributed by atoms with Crippen molar-refractivity contribution in [1.29, 1.82) is 0 Å². The topological polar surface area (TPSA) is 76.2 Å². The summed E-state index contributed by atoms with van der Waals surface area (Å²) in [7, 11) is 2.85. The predicted molar refractivity (Wildman–Crippen MR) is 108 cm³/mol. The first-order valence-corrected chi connectivity index (χ1v) is 9.61. The molecule has 0 spiro atoms. The summed E-state index contributed by atoms with van der Waals surface area (Å²) >= 11 is 0. The summed E-state index contributed by atoms with van der Waals surface area (Å²) in [5.74, 6) is -0.324. The quantitative estimate of drug-likeness (QED) is 0.711. The minimum Gasteiger partial charge on any atom is -0.497 e. The highest BCUT2D eigenvalue weighted by Gasteiger charge is 2.49. The van der Waals surface area contributed by atoms with Crippen LogP contribution in [0.15, 0.2) is 66.2 Å². The van der Waals surface area contributed by atoms with Gasteiger partial charge in [0.15, 0.2) is 0 Å². The maximum absolute atomic E-state index is 13.2. The van der Waals surface area contributed by atoms with Crippen molar-refractivity contribution in [2.75, 3.05) is 20.8 Å². The molecule has 0 radical (unpaired) electrons. The Bertz CT molecular complexity index is 1000. The van der Waals surface area contributed by atoms with E-state index in [1.807, 2.05) is 30.3 Å². The van der Waals surface area contributed by atoms with Crippen LogP contribution in [0.1, 0.15) is 17.2 Å². The first kappa shape index (κ1) is 19.7. The highest BCUT2D eigenvalue weighted by Crippen LogP contribution is 2.40. The number of hydrogen-bond donors (Lipinski definition) is 0. The fraction of sp³-hybridized carbons (Fsp3) is 0.261. The molecule has 0 unspecified atom stereocenters. The molecule has 30 heavy (non-hydrogen) atoms. The number of fused-ring (bicyclic) bond motifs is 1. The molecule has 4 rings (SSSR count). The van der Waals surface area contributed by atoms with Crippen molar-refractivity contribution < 1.29 is 23.9 Å². The molecule has 2 aromatic rings. The van der Waals surface area contributed by atoms with Gasteiger partial charge in [0.2, 0.25) is 11.8 Å². The van der Waals surface area contributed by atoms with Gasteiger partial charge in [0.1, 0.15) is 18.3 Å². The van der Waals surface area contributed by atoms with E-state index in [1.165, 1.54) is 16.9 Å². The lowest BCUT2D eigenvalue weighted by Crippen LogP contribution is -2.57. The second-order valence-electron chi connectivity index (χ2n) is 7.22. The number of nitrogens with zero attached hydrogens (tertiary/aromatic N) is 2. The molecular weight excluding hydrogens is 384 g/mol. The molecule has 1 fully saturated rings. The number of rotatable bonds is 5. The largest absolute Gasteiger partial charge is 0.497 e. The number of ether oxygens (including phenoxy) is 2. The molecule has 154 valence electrons. The van der Waals surface area contributed by atoms with Crippen molar-refractivity contribution in [3.63, 3.8) is 0 Å². The molecule has 2 aliphatic heterocycles. The second-order valence-corrected chi connectivity index (χ2v) is 7.22. The number of carbonyl (C=O) groups excluding carboxylic acids is 3. The van der Waals surface area contributed by atoms with Crippen molar-refractivity contribution >= 4 is 17.8 Å². The highest BCUT2D eigenvalue weighted by molar-refractivity contribution is 6.02. The SMILES string of the molecule is COC(=O)C1=C[C@@H]2C(=O)N(Cc3ccccc3)CC(=O)N2[C@@H]1c1ccc(OC)cc1. The normalized spacial score (nSPS) is 20.7. The smallest absolute Gasteiger partial charge is 0.335 e. The van der Waals surface area contributed by atoms with Gasteiger partial charge in [-0.05, 0) is 29.3 Å². The zero-order valence-corrected chi connectivity index (χ0v) is 16.8. The van der Waals surface area contributed by atoms with Gasteiger partial charge in [-0.1, -0.05) is 42.5 Å². The van der Waals surface area contributed by atoms with E-state index in [9.17, 15) is 14.4 Å². The molecule has 2 aromatic carbocycles. The molecule has 1 saturated heterocycles. The lowest BCUT2D eigenvalue weighted by Gasteiger charge is -2.39. The van der Waals surface area contributed by atoms with Gasteiger partial charge in [-0.3, -0.25) is 9.59 Å². The Labute approximate surface area is 174 Å². The Kier molecular flexibility index (Phi) is 5.27. The van der Waals surface area contributed by atoms with Crippen molar-refractivity contribution in [3.05, 3.63) is 77.4 Å². The van der Waals surface area contributed by atoms with E-state index in [0.717, 1.165) is 5.56 Å². The predicted octanol–water partition coefficient (Wildman–Crippen LogP) is 2.09. The molecule has 2 heterocycles. The molecule has 2 aliphatic rings. The lowest BCUT2D eigenvalue weighted by molar-refractivity contribution is -0.155. The minimum absolute atomic E-state index is 0.0425. The van der Waals surface area contributed by atoms with E-state index >= 15 is 0 Å². The third kappa shape index (κ3) is 3.43. The van der Waals surface area contributed by atoms with E-state index < -0.39 is 18.1 Å². The van der Waals surface area contributed by atoms with Crippen LogP contribution in [0, 0.1) is 0 Å². The zero-order chi connectivity index (χ0) is 21.3. The Balaban J connectivity index is 1.68. The number of esters is 1. The van der Waals surface area contributed by atoms with Crippen molar-refractivity contribution in [3.8, 4) is 5.75 Å². The van der Waals surface area contributed by atoms with E-state index in [1.54, 1.807) is 37.5 Å². The van der Waals surface area contributed by atoms with Gasteiger partial charge in [0, 0.05) is 6.54 Å². The number of carbonyl (C=O) groups is 3. The van der Waals surface area contributed by atoms with E-state index in [4.69, 9.17) is 9.47 Å². The van der Waals surface area contributed by atoms with Gasteiger partial charge in [-0.25, -0.2) is 4.79 Å². The van der Waals surface area contributed by atoms with Gasteiger partial charge >= 0.3 is 5.97 Å². The van der Waals surface area contributed by atoms with Crippen LogP contribution in [0.3, 0.4) is 0 Å². The number of hydrogen-bond acceptors (Lipinski definition) is 5. The Morgan fingerprint density at radius 1 is 1.03 bits per heavy atom. The first-order chi connectivity index (χ1) is 14.5. The summed E-state index contributed by atoms with van der Waals surface area (Å²) in [6.07, 6.45) is 1.55. The van der Waals surface area contributed by atoms with E-state index in [2.05, 4.69) is 0 Å². The van der Waals surface area contributed by atoms with Crippen LogP contribution >= 0.6 is 0 Å². The average Bonchev–Trinajstić information content (AvgIpc) is 3.19. The van der Waals surface area contributed by atoms with Crippen molar-refractivity contribution in [1.82, 2.24) is 9.80 Å². The Hall–Kier alpha value is -3.61. The van der Waals surface area contributed by atoms with Gasteiger partial charge < -0.3 is 19.3 Å². The fourth-order valence-electron chi connectivity index (χ4n) is 4.01. The molecule has 0 N–H and O–H groups in total. The monoisotopic (exact) mass is 406 g/mol. The fourth-order valence-corrected chi connectivity index (χ4v) is 4.01. The summed E-state index contributed by atoms with van der Waals surface area (Å²) in [6.45, 7) is 0.295. The summed E-state index contributed by atoms with van der Waals surface area (Å²) in [4.78, 5) is 41.8. The van der Waals surface area contributed by atoms with Crippen LogP contribution in [-0.4, -0.2) is 54.4 Å². The van der Waals surface area contributed by atoms with E-state index in [-0.39, 0.29) is 23.9 Å². The average molecular weight is 406 g/mol. The van der Waals surface area contributed by atoms with Gasteiger partial charge in [-0.2, -0.15) is 0 Å². The molecule has 0 bridgehead atoms. The number of methoxy groups -OCH3 is 2. The molecule has 0 aromatic heterocycles. The minimum atomic E-state index is -0.837. The Morgan fingerprint density at radius 2 is 1.73 bits per heavy atom. The van der Waals surface area contributed by atoms with Gasteiger partial charge in [-0.15, -0.1) is 0 Å². The molecule has 0 aliphatic carbocycles. The number of benzene rings is 2. The molecule has 7 heteroatoms. The van der Waals surface area contributed by atoms with Crippen molar-refractivity contribution in [2.45, 2.75) is 18.6 Å². The number of amides is 2. The van der Waals surface area contributed by atoms with Crippen LogP contribution in [0.4, 0.5) is 0 Å². The Morgan fingerprint density at radius 3 is 2.37 bits per heavy atom. The third-order valence-corrected chi connectivity index (χ3v) is 5.46. The van der Waals surface area contributed by atoms with E-state index in [0.29, 0.717) is 17.9 Å². The summed E-state index contributed by atoms with van der Waals surface area (Å²) in [6, 6.07) is 15.1. The van der Waals surface area contributed by atoms with Gasteiger partial charge in [0.25, 0.3) is 0 Å². The van der Waals surface area contributed by atoms with Crippen LogP contribution in [0.5, 0.6) is 5.75 Å². The molecule has 0 saturated carbocycles. The second kappa shape index (κ2) is 8.02. The molecule has 2 amide bonds. The van der Waals surface area contributed by atoms with Crippen LogP contribution in [0.25, 0.3) is 0 Å². The highest BCUT2D eigenvalue weighted by atomic mass is 16.5. The summed E-state index contributed by atoms with van der Waals surface area (Å²) in [5, 5.41) is 0. The third-order valence-electron chi connectivity index (χ3n) is 5.46. The lowest BCUT2D eigenvalue weighted by atomic mass is 9.99. The summed E-state index contributed by atoms with van der Waals surface area (Å²) in [5.41, 5.74) is 1.94. The van der Waals surface area contributed by atoms with Gasteiger partial charge in [0.05, 0.1) is 25.8 Å². The number of piperazine rings is 1. The molecular formula is C23H22N2O5. The maximum atomic E-state index is 13.2. The zero-order valence-electron chi connectivity index (χ0n) is 16.8. The molecule has 7 nitrogen and oxygen atoms in total. The van der Waals surface area contributed by atoms with Crippen molar-refractivity contribution in [2.24, 2.45) is 0 Å². The first-order valence-electron chi connectivity index (χ1n) is 9.61. The van der Waals surface area contributed by atoms with Crippen LogP contribution in [-0.2, 0) is 25.7 Å². The summed E-state index contributed by atoms with van der Waals surface area (Å²) < 4.78 is 10.1. The van der Waals surface area contributed by atoms with Crippen LogP contribution < -0.4 is 4.74 Å². The standard InChI is InChI=1S/C23H22N2O5/c1-29-17-10-8-16(9-11-17)21-18(23(28)30-2)12-19-22(27)24(14-20(26)25(19)21)13-15-6-4-3-5-7-15/h3-12,19,21H,13-14H2,1-2H3/t19-,21-/m1/s1.